The summed E-state index contributed by atoms with van der Waals surface area (Å²) in [5.41, 5.74) is 4.49. The molecule has 0 aliphatic carbocycles. The maximum Gasteiger partial charge on any atom is 0.226 e. The van der Waals surface area contributed by atoms with Crippen molar-refractivity contribution in [2.45, 2.75) is 20.1 Å². The highest BCUT2D eigenvalue weighted by Crippen LogP contribution is 2.35. The van der Waals surface area contributed by atoms with Crippen molar-refractivity contribution in [3.63, 3.8) is 0 Å². The lowest BCUT2D eigenvalue weighted by molar-refractivity contribution is 0.0315. The molecule has 3 aromatic rings. The van der Waals surface area contributed by atoms with E-state index < -0.39 is 6.29 Å². The first-order chi connectivity index (χ1) is 15.5. The molecule has 3 heterocycles. The molecule has 0 saturated carbocycles. The van der Waals surface area contributed by atoms with Crippen LogP contribution < -0.4 is 9.47 Å². The third-order valence-electron chi connectivity index (χ3n) is 5.33. The predicted octanol–water partition coefficient (Wildman–Crippen LogP) is 1.26. The lowest BCUT2D eigenvalue weighted by Gasteiger charge is -2.23. The summed E-state index contributed by atoms with van der Waals surface area (Å²) in [4.78, 5) is 11.0. The van der Waals surface area contributed by atoms with E-state index in [-0.39, 0.29) is 13.2 Å². The molecule has 170 valence electrons. The topological polar surface area (TPSA) is 113 Å². The normalized spacial score (nSPS) is 15.6. The summed E-state index contributed by atoms with van der Waals surface area (Å²) in [6.45, 7) is 5.83. The van der Waals surface area contributed by atoms with Crippen LogP contribution in [0.2, 0.25) is 0 Å². The van der Waals surface area contributed by atoms with Gasteiger partial charge < -0.3 is 29.2 Å². The fraction of sp³-hybridized carbons (Fsp3) is 0.391. The van der Waals surface area contributed by atoms with Crippen LogP contribution in [0.15, 0.2) is 30.6 Å². The van der Waals surface area contributed by atoms with E-state index in [1.54, 1.807) is 6.07 Å². The number of aliphatic hydroxyl groups excluding tert-OH is 3. The highest BCUT2D eigenvalue weighted by molar-refractivity contribution is 5.86. The second-order valence-electron chi connectivity index (χ2n) is 7.73. The molecule has 9 heteroatoms. The zero-order valence-electron chi connectivity index (χ0n) is 18.2. The average Bonchev–Trinajstić information content (AvgIpc) is 3.17. The number of benzene rings is 1. The molecule has 1 aliphatic rings. The van der Waals surface area contributed by atoms with Gasteiger partial charge in [-0.1, -0.05) is 0 Å². The number of fused-ring (bicyclic) bond motifs is 2. The lowest BCUT2D eigenvalue weighted by atomic mass is 10.0. The summed E-state index contributed by atoms with van der Waals surface area (Å²) in [6, 6.07) is 5.47. The van der Waals surface area contributed by atoms with Crippen molar-refractivity contribution in [3.8, 4) is 11.5 Å². The first kappa shape index (κ1) is 22.2. The molecule has 3 N–H and O–H groups in total. The highest BCUT2D eigenvalue weighted by atomic mass is 16.6. The Morgan fingerprint density at radius 1 is 1.09 bits per heavy atom. The van der Waals surface area contributed by atoms with Crippen LogP contribution in [-0.2, 0) is 0 Å². The summed E-state index contributed by atoms with van der Waals surface area (Å²) in [5.74, 6) is 1.14. The van der Waals surface area contributed by atoms with Gasteiger partial charge in [0.1, 0.15) is 18.1 Å². The summed E-state index contributed by atoms with van der Waals surface area (Å²) in [7, 11) is 0. The van der Waals surface area contributed by atoms with Gasteiger partial charge in [-0.25, -0.2) is 4.98 Å². The molecule has 0 fully saturated rings. The minimum Gasteiger partial charge on any atom is -0.492 e. The van der Waals surface area contributed by atoms with Crippen LogP contribution in [0.25, 0.3) is 17.3 Å². The molecular weight excluding hydrogens is 412 g/mol. The van der Waals surface area contributed by atoms with E-state index >= 15 is 0 Å². The molecule has 0 amide bonds. The Balaban J connectivity index is 1.50. The summed E-state index contributed by atoms with van der Waals surface area (Å²) < 4.78 is 13.5. The molecule has 4 rings (SSSR count). The van der Waals surface area contributed by atoms with Gasteiger partial charge in [0.25, 0.3) is 0 Å². The highest BCUT2D eigenvalue weighted by Gasteiger charge is 2.24. The second-order valence-corrected chi connectivity index (χ2v) is 7.73. The number of aryl methyl sites for hydroxylation is 2. The van der Waals surface area contributed by atoms with Gasteiger partial charge in [-0.05, 0) is 32.1 Å². The van der Waals surface area contributed by atoms with Crippen LogP contribution in [0.1, 0.15) is 22.6 Å². The molecule has 0 bridgehead atoms. The first-order valence-electron chi connectivity index (χ1n) is 10.6. The Labute approximate surface area is 186 Å². The molecular formula is C23H28N4O5. The van der Waals surface area contributed by atoms with Crippen LogP contribution >= 0.6 is 0 Å². The summed E-state index contributed by atoms with van der Waals surface area (Å²) in [5, 5.41) is 28.8. The quantitative estimate of drug-likeness (QED) is 0.456. The molecule has 0 radical (unpaired) electrons. The third-order valence-corrected chi connectivity index (χ3v) is 5.33. The van der Waals surface area contributed by atoms with Gasteiger partial charge in [-0.15, -0.1) is 0 Å². The van der Waals surface area contributed by atoms with E-state index in [9.17, 15) is 5.11 Å². The number of imidazole rings is 1. The molecule has 0 saturated heterocycles. The van der Waals surface area contributed by atoms with Gasteiger partial charge >= 0.3 is 0 Å². The first-order valence-corrected chi connectivity index (χ1v) is 10.6. The van der Waals surface area contributed by atoms with Crippen LogP contribution in [0.5, 0.6) is 11.5 Å². The number of aliphatic hydroxyl groups is 3. The largest absolute Gasteiger partial charge is 0.492 e. The van der Waals surface area contributed by atoms with Gasteiger partial charge in [0.2, 0.25) is 6.29 Å². The molecule has 1 atom stereocenters. The summed E-state index contributed by atoms with van der Waals surface area (Å²) in [6.07, 6.45) is 4.48. The van der Waals surface area contributed by atoms with E-state index in [1.807, 2.05) is 53.8 Å². The zero-order chi connectivity index (χ0) is 22.7. The van der Waals surface area contributed by atoms with Crippen molar-refractivity contribution < 1.29 is 24.8 Å². The molecule has 1 unspecified atom stereocenters. The molecule has 2 aromatic heterocycles. The van der Waals surface area contributed by atoms with E-state index in [1.165, 1.54) is 0 Å². The number of hydrogen-bond donors (Lipinski definition) is 3. The van der Waals surface area contributed by atoms with E-state index in [0.29, 0.717) is 49.0 Å². The molecule has 1 aliphatic heterocycles. The minimum absolute atomic E-state index is 0.0290. The number of nitrogens with zero attached hydrogens (tertiary/aromatic N) is 4. The Morgan fingerprint density at radius 2 is 1.88 bits per heavy atom. The van der Waals surface area contributed by atoms with Crippen molar-refractivity contribution in [2.24, 2.45) is 0 Å². The Morgan fingerprint density at radius 3 is 2.62 bits per heavy atom. The molecule has 1 aromatic carbocycles. The van der Waals surface area contributed by atoms with Gasteiger partial charge in [0.05, 0.1) is 30.3 Å². The van der Waals surface area contributed by atoms with E-state index in [2.05, 4.69) is 9.97 Å². The van der Waals surface area contributed by atoms with Gasteiger partial charge in [0.15, 0.2) is 5.65 Å². The van der Waals surface area contributed by atoms with Crippen molar-refractivity contribution in [1.29, 1.82) is 0 Å². The maximum absolute atomic E-state index is 10.6. The number of aromatic nitrogens is 3. The number of hydrogen-bond acceptors (Lipinski definition) is 8. The number of ether oxygens (including phenoxy) is 2. The third kappa shape index (κ3) is 4.76. The standard InChI is InChI=1S/C23H28N4O5/c1-15-13-27-14-20(25-22(27)16(2)24-15)19-11-17-3-4-18(12-21(17)32-23(19)30)31-10-7-26(5-8-28)6-9-29/h3-4,11-14,23,28-30H,5-10H2,1-2H3. The Hall–Kier alpha value is -2.98. The Bertz CT molecular complexity index is 1120. The summed E-state index contributed by atoms with van der Waals surface area (Å²) >= 11 is 0. The Kier molecular flexibility index (Phi) is 6.71. The minimum atomic E-state index is -1.15. The SMILES string of the molecule is Cc1cn2cc(C3=Cc4ccc(OCCN(CCO)CCO)cc4OC3O)nc2c(C)n1. The second kappa shape index (κ2) is 9.66. The van der Waals surface area contributed by atoms with Gasteiger partial charge in [-0.3, -0.25) is 9.88 Å². The predicted molar refractivity (Wildman–Crippen MR) is 120 cm³/mol. The van der Waals surface area contributed by atoms with Crippen molar-refractivity contribution >= 4 is 17.3 Å². The van der Waals surface area contributed by atoms with Crippen molar-refractivity contribution in [1.82, 2.24) is 19.3 Å². The molecule has 32 heavy (non-hydrogen) atoms. The van der Waals surface area contributed by atoms with Crippen LogP contribution in [0, 0.1) is 13.8 Å². The monoisotopic (exact) mass is 440 g/mol. The fourth-order valence-corrected chi connectivity index (χ4v) is 3.80. The van der Waals surface area contributed by atoms with Crippen LogP contribution in [0.3, 0.4) is 0 Å². The number of rotatable bonds is 9. The zero-order valence-corrected chi connectivity index (χ0v) is 18.2. The van der Waals surface area contributed by atoms with Crippen LogP contribution in [-0.4, -0.2) is 80.3 Å². The average molecular weight is 441 g/mol. The maximum atomic E-state index is 10.6. The van der Waals surface area contributed by atoms with E-state index in [0.717, 1.165) is 22.6 Å². The van der Waals surface area contributed by atoms with E-state index in [4.69, 9.17) is 19.7 Å². The smallest absolute Gasteiger partial charge is 0.226 e. The van der Waals surface area contributed by atoms with Gasteiger partial charge in [-0.2, -0.15) is 0 Å². The van der Waals surface area contributed by atoms with Gasteiger partial charge in [0, 0.05) is 49.2 Å². The van der Waals surface area contributed by atoms with Crippen molar-refractivity contribution in [2.75, 3.05) is 39.5 Å². The molecule has 9 nitrogen and oxygen atoms in total. The van der Waals surface area contributed by atoms with Crippen LogP contribution in [0.4, 0.5) is 0 Å². The molecule has 0 spiro atoms. The van der Waals surface area contributed by atoms with Crippen molar-refractivity contribution in [3.05, 3.63) is 53.2 Å². The lowest BCUT2D eigenvalue weighted by Crippen LogP contribution is -2.33. The fourth-order valence-electron chi connectivity index (χ4n) is 3.80.